The van der Waals surface area contributed by atoms with Crippen LogP contribution in [0.25, 0.3) is 12.2 Å². The number of rotatable bonds is 8. The lowest BCUT2D eigenvalue weighted by Crippen LogP contribution is -2.25. The topological polar surface area (TPSA) is 127 Å². The Morgan fingerprint density at radius 2 is 1.88 bits per heavy atom. The molecule has 0 radical (unpaired) electrons. The first-order chi connectivity index (χ1) is 15.7. The van der Waals surface area contributed by atoms with E-state index >= 15 is 0 Å². The first-order valence-electron chi connectivity index (χ1n) is 9.41. The largest absolute Gasteiger partial charge is 0.490 e. The average molecular weight is 604 g/mol. The Labute approximate surface area is 210 Å². The number of hydrogen-bond acceptors (Lipinski definition) is 6. The van der Waals surface area contributed by atoms with E-state index in [-0.39, 0.29) is 12.3 Å². The number of aromatic amines is 2. The van der Waals surface area contributed by atoms with Crippen LogP contribution in [-0.4, -0.2) is 21.5 Å². The highest BCUT2D eigenvalue weighted by atomic mass is 127. The molecular weight excluding hydrogens is 588 g/mol. The molecule has 1 heterocycles. The number of aromatic nitrogens is 2. The summed E-state index contributed by atoms with van der Waals surface area (Å²) < 4.78 is 12.4. The van der Waals surface area contributed by atoms with Crippen LogP contribution < -0.4 is 20.7 Å². The van der Waals surface area contributed by atoms with Crippen LogP contribution in [0.4, 0.5) is 5.69 Å². The summed E-state index contributed by atoms with van der Waals surface area (Å²) in [5.74, 6) is 0.944. The molecule has 0 fully saturated rings. The Morgan fingerprint density at radius 3 is 2.55 bits per heavy atom. The fourth-order valence-electron chi connectivity index (χ4n) is 2.85. The van der Waals surface area contributed by atoms with Gasteiger partial charge in [-0.15, -0.1) is 0 Å². The van der Waals surface area contributed by atoms with Crippen LogP contribution in [0.2, 0.25) is 10.0 Å². The Balaban J connectivity index is 1.94. The van der Waals surface area contributed by atoms with Crippen LogP contribution in [0.3, 0.4) is 0 Å². The van der Waals surface area contributed by atoms with Gasteiger partial charge in [-0.05, 0) is 65.4 Å². The van der Waals surface area contributed by atoms with E-state index in [2.05, 4.69) is 27.6 Å². The summed E-state index contributed by atoms with van der Waals surface area (Å²) in [7, 11) is 0. The predicted molar refractivity (Wildman–Crippen MR) is 134 cm³/mol. The van der Waals surface area contributed by atoms with Crippen LogP contribution in [0.1, 0.15) is 23.7 Å². The molecule has 9 nitrogen and oxygen atoms in total. The van der Waals surface area contributed by atoms with Crippen molar-refractivity contribution in [1.82, 2.24) is 9.97 Å². The highest BCUT2D eigenvalue weighted by molar-refractivity contribution is 14.1. The number of benzene rings is 2. The second-order valence-corrected chi connectivity index (χ2v) is 8.55. The minimum Gasteiger partial charge on any atom is -0.490 e. The van der Waals surface area contributed by atoms with Crippen LogP contribution in [0.5, 0.6) is 11.5 Å². The van der Waals surface area contributed by atoms with Gasteiger partial charge in [0.1, 0.15) is 12.3 Å². The Bertz CT molecular complexity index is 1350. The lowest BCUT2D eigenvalue weighted by atomic mass is 10.1. The molecular formula is C21H16Cl2IN3O6. The molecule has 0 unspecified atom stereocenters. The number of nitrogens with zero attached hydrogens (tertiary/aromatic N) is 1. The number of H-pyrrole nitrogens is 2. The molecule has 3 rings (SSSR count). The molecule has 33 heavy (non-hydrogen) atoms. The van der Waals surface area contributed by atoms with Crippen molar-refractivity contribution < 1.29 is 14.4 Å². The van der Waals surface area contributed by atoms with Crippen molar-refractivity contribution in [3.8, 4) is 11.5 Å². The molecule has 0 atom stereocenters. The van der Waals surface area contributed by atoms with Gasteiger partial charge in [0.25, 0.3) is 0 Å². The summed E-state index contributed by atoms with van der Waals surface area (Å²) >= 11 is 14.2. The van der Waals surface area contributed by atoms with E-state index in [4.69, 9.17) is 32.7 Å². The van der Waals surface area contributed by atoms with Crippen molar-refractivity contribution in [3.05, 3.63) is 91.7 Å². The molecule has 0 aliphatic heterocycles. The first-order valence-corrected chi connectivity index (χ1v) is 11.2. The lowest BCUT2D eigenvalue weighted by molar-refractivity contribution is -0.386. The Morgan fingerprint density at radius 1 is 1.12 bits per heavy atom. The summed E-state index contributed by atoms with van der Waals surface area (Å²) in [6.45, 7) is 2.37. The van der Waals surface area contributed by atoms with E-state index in [1.807, 2.05) is 11.9 Å². The van der Waals surface area contributed by atoms with Gasteiger partial charge in [-0.25, -0.2) is 4.79 Å². The van der Waals surface area contributed by atoms with Gasteiger partial charge >= 0.3 is 16.9 Å². The van der Waals surface area contributed by atoms with Crippen molar-refractivity contribution in [2.75, 3.05) is 6.61 Å². The van der Waals surface area contributed by atoms with Gasteiger partial charge in [0.05, 0.1) is 15.1 Å². The molecule has 0 aliphatic rings. The zero-order valence-electron chi connectivity index (χ0n) is 17.0. The van der Waals surface area contributed by atoms with Gasteiger partial charge in [-0.1, -0.05) is 35.3 Å². The van der Waals surface area contributed by atoms with E-state index < -0.39 is 21.9 Å². The van der Waals surface area contributed by atoms with Gasteiger partial charge in [-0.2, -0.15) is 0 Å². The molecule has 0 bridgehead atoms. The Kier molecular flexibility index (Phi) is 8.16. The maximum atomic E-state index is 11.8. The van der Waals surface area contributed by atoms with Crippen LogP contribution in [0.15, 0.2) is 39.9 Å². The SMILES string of the molecule is CCOc1cc(/C=C\c2[nH]c(=O)[nH]c(=O)c2[N+](=O)[O-])cc(I)c1OCc1ccc(Cl)cc1Cl. The predicted octanol–water partition coefficient (Wildman–Crippen LogP) is 5.03. The van der Waals surface area contributed by atoms with Gasteiger partial charge < -0.3 is 14.5 Å². The third kappa shape index (κ3) is 6.15. The quantitative estimate of drug-likeness (QED) is 0.211. The second-order valence-electron chi connectivity index (χ2n) is 6.55. The number of nitro groups is 1. The fourth-order valence-corrected chi connectivity index (χ4v) is 4.10. The third-order valence-electron chi connectivity index (χ3n) is 4.29. The van der Waals surface area contributed by atoms with E-state index in [9.17, 15) is 19.7 Å². The molecule has 172 valence electrons. The fraction of sp³-hybridized carbons (Fsp3) is 0.143. The molecule has 3 aromatic rings. The zero-order valence-corrected chi connectivity index (χ0v) is 20.7. The highest BCUT2D eigenvalue weighted by Gasteiger charge is 2.19. The number of ether oxygens (including phenoxy) is 2. The molecule has 0 spiro atoms. The van der Waals surface area contributed by atoms with E-state index in [1.165, 1.54) is 12.2 Å². The first kappa shape index (κ1) is 24.8. The average Bonchev–Trinajstić information content (AvgIpc) is 2.72. The lowest BCUT2D eigenvalue weighted by Gasteiger charge is -2.15. The van der Waals surface area contributed by atoms with Crippen molar-refractivity contribution >= 4 is 63.6 Å². The summed E-state index contributed by atoms with van der Waals surface area (Å²) in [5.41, 5.74) is -1.56. The highest BCUT2D eigenvalue weighted by Crippen LogP contribution is 2.36. The van der Waals surface area contributed by atoms with Crippen molar-refractivity contribution in [1.29, 1.82) is 0 Å². The van der Waals surface area contributed by atoms with E-state index in [0.717, 1.165) is 5.56 Å². The summed E-state index contributed by atoms with van der Waals surface area (Å²) in [4.78, 5) is 37.8. The summed E-state index contributed by atoms with van der Waals surface area (Å²) in [6.07, 6.45) is 2.80. The van der Waals surface area contributed by atoms with Crippen molar-refractivity contribution in [3.63, 3.8) is 0 Å². The maximum Gasteiger partial charge on any atom is 0.357 e. The molecule has 0 saturated heterocycles. The second kappa shape index (κ2) is 10.9. The van der Waals surface area contributed by atoms with Crippen LogP contribution >= 0.6 is 45.8 Å². The molecule has 0 aliphatic carbocycles. The number of halogens is 3. The molecule has 1 aromatic heterocycles. The summed E-state index contributed by atoms with van der Waals surface area (Å²) in [5, 5.41) is 12.2. The molecule has 0 amide bonds. The van der Waals surface area contributed by atoms with E-state index in [0.29, 0.717) is 37.3 Å². The molecule has 2 aromatic carbocycles. The Hall–Kier alpha value is -2.83. The van der Waals surface area contributed by atoms with Crippen molar-refractivity contribution in [2.24, 2.45) is 0 Å². The standard InChI is InChI=1S/C21H16Cl2IN3O6/c1-2-32-17-8-11(3-6-16-18(27(30)31)20(28)26-21(29)25-16)7-15(24)19(17)33-10-12-4-5-13(22)9-14(12)23/h3-9H,2,10H2,1H3,(H2,25,26,28,29)/b6-3-. The van der Waals surface area contributed by atoms with Gasteiger partial charge in [-0.3, -0.25) is 19.9 Å². The molecule has 0 saturated carbocycles. The normalized spacial score (nSPS) is 11.0. The summed E-state index contributed by atoms with van der Waals surface area (Å²) in [6, 6.07) is 8.55. The van der Waals surface area contributed by atoms with Gasteiger partial charge in [0.15, 0.2) is 11.5 Å². The van der Waals surface area contributed by atoms with Crippen LogP contribution in [0, 0.1) is 13.7 Å². The third-order valence-corrected chi connectivity index (χ3v) is 5.68. The van der Waals surface area contributed by atoms with Crippen molar-refractivity contribution in [2.45, 2.75) is 13.5 Å². The minimum absolute atomic E-state index is 0.182. The maximum absolute atomic E-state index is 11.8. The van der Waals surface area contributed by atoms with Gasteiger partial charge in [0, 0.05) is 15.6 Å². The number of nitrogens with one attached hydrogen (secondary N) is 2. The zero-order chi connectivity index (χ0) is 24.1. The van der Waals surface area contributed by atoms with E-state index in [1.54, 1.807) is 30.3 Å². The molecule has 12 heteroatoms. The number of hydrogen-bond donors (Lipinski definition) is 2. The smallest absolute Gasteiger partial charge is 0.357 e. The molecule has 2 N–H and O–H groups in total. The van der Waals surface area contributed by atoms with Gasteiger partial charge in [0.2, 0.25) is 0 Å². The monoisotopic (exact) mass is 603 g/mol. The van der Waals surface area contributed by atoms with Crippen LogP contribution in [-0.2, 0) is 6.61 Å². The minimum atomic E-state index is -1.09.